The average molecular weight is 283 g/mol. The van der Waals surface area contributed by atoms with Crippen LogP contribution in [0.4, 0.5) is 0 Å². The Kier molecular flexibility index (Phi) is 5.95. The molecule has 0 fully saturated rings. The van der Waals surface area contributed by atoms with E-state index in [-0.39, 0.29) is 36.4 Å². The van der Waals surface area contributed by atoms with Crippen molar-refractivity contribution in [2.45, 2.75) is 12.5 Å². The third-order valence-corrected chi connectivity index (χ3v) is 2.57. The summed E-state index contributed by atoms with van der Waals surface area (Å²) in [6.45, 7) is -0.224. The number of carbonyl (C=O) groups excluding carboxylic acids is 2. The van der Waals surface area contributed by atoms with E-state index >= 15 is 0 Å². The number of amides is 1. The number of aliphatic hydroxyl groups excluding tert-OH is 2. The molecule has 110 valence electrons. The number of hydrogen-bond acceptors (Lipinski definition) is 6. The molecular weight excluding hydrogens is 266 g/mol. The van der Waals surface area contributed by atoms with Crippen molar-refractivity contribution in [3.05, 3.63) is 29.3 Å². The monoisotopic (exact) mass is 283 g/mol. The van der Waals surface area contributed by atoms with E-state index in [1.54, 1.807) is 0 Å². The number of phenolic OH excluding ortho intramolecular Hbond substituents is 1. The second kappa shape index (κ2) is 7.46. The second-order valence-corrected chi connectivity index (χ2v) is 4.14. The molecule has 1 aromatic carbocycles. The van der Waals surface area contributed by atoms with Gasteiger partial charge in [-0.1, -0.05) is 0 Å². The molecule has 0 aliphatic rings. The lowest BCUT2D eigenvalue weighted by Crippen LogP contribution is -2.28. The van der Waals surface area contributed by atoms with Gasteiger partial charge in [0.05, 0.1) is 25.4 Å². The largest absolute Gasteiger partial charge is 0.508 e. The van der Waals surface area contributed by atoms with E-state index in [0.717, 1.165) is 0 Å². The van der Waals surface area contributed by atoms with E-state index in [4.69, 9.17) is 10.2 Å². The van der Waals surface area contributed by atoms with Crippen LogP contribution in [0.15, 0.2) is 18.2 Å². The summed E-state index contributed by atoms with van der Waals surface area (Å²) in [6, 6.07) is 3.70. The average Bonchev–Trinajstić information content (AvgIpc) is 2.45. The summed E-state index contributed by atoms with van der Waals surface area (Å²) in [5, 5.41) is 29.7. The highest BCUT2D eigenvalue weighted by molar-refractivity contribution is 5.98. The van der Waals surface area contributed by atoms with Gasteiger partial charge in [0.2, 0.25) is 0 Å². The van der Waals surface area contributed by atoms with E-state index in [9.17, 15) is 14.7 Å². The number of carbonyl (C=O) groups is 2. The first-order chi connectivity index (χ1) is 9.47. The lowest BCUT2D eigenvalue weighted by molar-refractivity contribution is 0.0600. The van der Waals surface area contributed by atoms with E-state index in [1.807, 2.05) is 0 Å². The number of aromatic hydroxyl groups is 1. The van der Waals surface area contributed by atoms with Gasteiger partial charge in [-0.25, -0.2) is 4.79 Å². The van der Waals surface area contributed by atoms with Gasteiger partial charge in [-0.05, 0) is 24.6 Å². The molecule has 0 saturated heterocycles. The molecule has 1 rings (SSSR count). The molecule has 0 heterocycles. The van der Waals surface area contributed by atoms with Gasteiger partial charge in [-0.15, -0.1) is 0 Å². The van der Waals surface area contributed by atoms with Crippen LogP contribution in [0.25, 0.3) is 0 Å². The maximum absolute atomic E-state index is 11.8. The molecule has 7 heteroatoms. The van der Waals surface area contributed by atoms with Crippen LogP contribution in [-0.4, -0.2) is 53.6 Å². The fourth-order valence-corrected chi connectivity index (χ4v) is 1.52. The predicted molar refractivity (Wildman–Crippen MR) is 69.5 cm³/mol. The summed E-state index contributed by atoms with van der Waals surface area (Å²) < 4.78 is 4.51. The minimum atomic E-state index is -0.898. The van der Waals surface area contributed by atoms with E-state index in [0.29, 0.717) is 0 Å². The van der Waals surface area contributed by atoms with Crippen molar-refractivity contribution in [3.63, 3.8) is 0 Å². The Bertz CT molecular complexity index is 488. The maximum atomic E-state index is 11.8. The Balaban J connectivity index is 2.73. The minimum Gasteiger partial charge on any atom is -0.508 e. The quantitative estimate of drug-likeness (QED) is 0.530. The SMILES string of the molecule is COC(=O)c1cc(O)cc(C(=O)NCC[C@H](O)CO)c1. The number of aliphatic hydroxyl groups is 2. The van der Waals surface area contributed by atoms with Crippen molar-refractivity contribution in [2.24, 2.45) is 0 Å². The fourth-order valence-electron chi connectivity index (χ4n) is 1.52. The highest BCUT2D eigenvalue weighted by Crippen LogP contribution is 2.16. The number of esters is 1. The molecule has 20 heavy (non-hydrogen) atoms. The predicted octanol–water partition coefficient (Wildman–Crippen LogP) is -0.348. The van der Waals surface area contributed by atoms with Crippen LogP contribution >= 0.6 is 0 Å². The third-order valence-electron chi connectivity index (χ3n) is 2.57. The van der Waals surface area contributed by atoms with Crippen LogP contribution in [0.2, 0.25) is 0 Å². The molecule has 0 radical (unpaired) electrons. The zero-order chi connectivity index (χ0) is 15.1. The van der Waals surface area contributed by atoms with Crippen molar-refractivity contribution in [2.75, 3.05) is 20.3 Å². The van der Waals surface area contributed by atoms with E-state index in [1.165, 1.54) is 25.3 Å². The zero-order valence-electron chi connectivity index (χ0n) is 11.0. The molecule has 1 atom stereocenters. The van der Waals surface area contributed by atoms with Crippen molar-refractivity contribution in [1.82, 2.24) is 5.32 Å². The number of phenols is 1. The molecule has 0 aromatic heterocycles. The van der Waals surface area contributed by atoms with Crippen molar-refractivity contribution < 1.29 is 29.6 Å². The smallest absolute Gasteiger partial charge is 0.338 e. The number of rotatable bonds is 6. The van der Waals surface area contributed by atoms with E-state index in [2.05, 4.69) is 10.1 Å². The Morgan fingerprint density at radius 2 is 1.95 bits per heavy atom. The first-order valence-electron chi connectivity index (χ1n) is 5.97. The van der Waals surface area contributed by atoms with Gasteiger partial charge in [0, 0.05) is 12.1 Å². The first kappa shape index (κ1) is 15.9. The maximum Gasteiger partial charge on any atom is 0.338 e. The molecule has 0 bridgehead atoms. The first-order valence-corrected chi connectivity index (χ1v) is 5.97. The standard InChI is InChI=1S/C13H17NO6/c1-20-13(19)9-4-8(5-11(17)6-9)12(18)14-3-2-10(16)7-15/h4-6,10,15-17H,2-3,7H2,1H3,(H,14,18)/t10-/m0/s1. The fraction of sp³-hybridized carbons (Fsp3) is 0.385. The molecule has 0 spiro atoms. The molecular formula is C13H17NO6. The van der Waals surface area contributed by atoms with E-state index < -0.39 is 18.0 Å². The molecule has 0 aliphatic heterocycles. The molecule has 0 unspecified atom stereocenters. The van der Waals surface area contributed by atoms with Crippen molar-refractivity contribution in [1.29, 1.82) is 0 Å². The topological polar surface area (TPSA) is 116 Å². The highest BCUT2D eigenvalue weighted by Gasteiger charge is 2.13. The minimum absolute atomic E-state index is 0.0630. The van der Waals surface area contributed by atoms with Crippen molar-refractivity contribution >= 4 is 11.9 Å². The number of benzene rings is 1. The Labute approximate surface area is 115 Å². The van der Waals surface area contributed by atoms with Crippen LogP contribution in [0, 0.1) is 0 Å². The Morgan fingerprint density at radius 3 is 2.55 bits per heavy atom. The van der Waals surface area contributed by atoms with Crippen LogP contribution < -0.4 is 5.32 Å². The lowest BCUT2D eigenvalue weighted by atomic mass is 10.1. The number of ether oxygens (including phenoxy) is 1. The normalized spacial score (nSPS) is 11.8. The summed E-state index contributed by atoms with van der Waals surface area (Å²) in [5.74, 6) is -1.39. The molecule has 1 aromatic rings. The molecule has 0 aliphatic carbocycles. The second-order valence-electron chi connectivity index (χ2n) is 4.14. The Hall–Kier alpha value is -2.12. The summed E-state index contributed by atoms with van der Waals surface area (Å²) in [6.07, 6.45) is -0.699. The van der Waals surface area contributed by atoms with Crippen molar-refractivity contribution in [3.8, 4) is 5.75 Å². The molecule has 0 saturated carbocycles. The van der Waals surface area contributed by atoms with Crippen LogP contribution in [0.5, 0.6) is 5.75 Å². The van der Waals surface area contributed by atoms with Gasteiger partial charge in [0.1, 0.15) is 5.75 Å². The number of hydrogen-bond donors (Lipinski definition) is 4. The summed E-state index contributed by atoms with van der Waals surface area (Å²) >= 11 is 0. The number of methoxy groups -OCH3 is 1. The summed E-state index contributed by atoms with van der Waals surface area (Å²) in [5.41, 5.74) is 0.164. The lowest BCUT2D eigenvalue weighted by Gasteiger charge is -2.09. The molecule has 1 amide bonds. The van der Waals surface area contributed by atoms with Gasteiger partial charge < -0.3 is 25.4 Å². The van der Waals surface area contributed by atoms with Crippen LogP contribution in [0.3, 0.4) is 0 Å². The van der Waals surface area contributed by atoms with Gasteiger partial charge in [-0.2, -0.15) is 0 Å². The van der Waals surface area contributed by atoms with Crippen LogP contribution in [0.1, 0.15) is 27.1 Å². The van der Waals surface area contributed by atoms with Gasteiger partial charge >= 0.3 is 5.97 Å². The molecule has 4 N–H and O–H groups in total. The summed E-state index contributed by atoms with van der Waals surface area (Å²) in [4.78, 5) is 23.2. The van der Waals surface area contributed by atoms with Gasteiger partial charge in [0.15, 0.2) is 0 Å². The van der Waals surface area contributed by atoms with Crippen LogP contribution in [-0.2, 0) is 4.74 Å². The zero-order valence-corrected chi connectivity index (χ0v) is 11.0. The molecule has 7 nitrogen and oxygen atoms in total. The summed E-state index contributed by atoms with van der Waals surface area (Å²) in [7, 11) is 1.20. The highest BCUT2D eigenvalue weighted by atomic mass is 16.5. The third kappa shape index (κ3) is 4.52. The van der Waals surface area contributed by atoms with Gasteiger partial charge in [-0.3, -0.25) is 4.79 Å². The van der Waals surface area contributed by atoms with Gasteiger partial charge in [0.25, 0.3) is 5.91 Å². The Morgan fingerprint density at radius 1 is 1.30 bits per heavy atom. The number of nitrogens with one attached hydrogen (secondary N) is 1.